The smallest absolute Gasteiger partial charge is 0.319 e. The lowest BCUT2D eigenvalue weighted by molar-refractivity contribution is -0.116. The Labute approximate surface area is 143 Å². The van der Waals surface area contributed by atoms with Crippen LogP contribution in [-0.4, -0.2) is 18.5 Å². The number of anilines is 2. The highest BCUT2D eigenvalue weighted by molar-refractivity contribution is 9.10. The van der Waals surface area contributed by atoms with Crippen molar-refractivity contribution in [1.29, 1.82) is 0 Å². The topological polar surface area (TPSA) is 70.2 Å². The van der Waals surface area contributed by atoms with Gasteiger partial charge in [0.2, 0.25) is 5.91 Å². The maximum absolute atomic E-state index is 11.9. The lowest BCUT2D eigenvalue weighted by Gasteiger charge is -2.09. The molecule has 0 saturated carbocycles. The quantitative estimate of drug-likeness (QED) is 0.741. The van der Waals surface area contributed by atoms with E-state index in [-0.39, 0.29) is 24.9 Å². The molecule has 0 aliphatic carbocycles. The number of carbonyl (C=O) groups is 2. The van der Waals surface area contributed by atoms with Crippen molar-refractivity contribution in [1.82, 2.24) is 5.32 Å². The summed E-state index contributed by atoms with van der Waals surface area (Å²) < 4.78 is 0.941. The zero-order valence-corrected chi connectivity index (χ0v) is 14.3. The summed E-state index contributed by atoms with van der Waals surface area (Å²) in [7, 11) is 0. The third-order valence-electron chi connectivity index (χ3n) is 3.16. The van der Waals surface area contributed by atoms with Crippen LogP contribution < -0.4 is 16.0 Å². The first kappa shape index (κ1) is 17.0. The summed E-state index contributed by atoms with van der Waals surface area (Å²) in [4.78, 5) is 23.6. The van der Waals surface area contributed by atoms with E-state index in [0.717, 1.165) is 15.7 Å². The molecular weight excluding hydrogens is 358 g/mol. The second-order valence-corrected chi connectivity index (χ2v) is 5.92. The number of nitrogens with one attached hydrogen (secondary N) is 3. The fraction of sp³-hybridized carbons (Fsp3) is 0.176. The number of benzene rings is 2. The molecule has 0 heterocycles. The second kappa shape index (κ2) is 8.33. The van der Waals surface area contributed by atoms with E-state index >= 15 is 0 Å². The third kappa shape index (κ3) is 5.75. The molecule has 2 rings (SSSR count). The number of halogens is 1. The molecule has 0 radical (unpaired) electrons. The lowest BCUT2D eigenvalue weighted by atomic mass is 10.2. The Hall–Kier alpha value is -2.34. The van der Waals surface area contributed by atoms with Gasteiger partial charge >= 0.3 is 6.03 Å². The zero-order chi connectivity index (χ0) is 16.7. The van der Waals surface area contributed by atoms with Gasteiger partial charge in [-0.25, -0.2) is 4.79 Å². The van der Waals surface area contributed by atoms with Gasteiger partial charge in [-0.15, -0.1) is 0 Å². The van der Waals surface area contributed by atoms with E-state index in [4.69, 9.17) is 0 Å². The summed E-state index contributed by atoms with van der Waals surface area (Å²) >= 11 is 3.33. The van der Waals surface area contributed by atoms with E-state index in [9.17, 15) is 9.59 Å². The monoisotopic (exact) mass is 375 g/mol. The number of rotatable bonds is 5. The van der Waals surface area contributed by atoms with E-state index in [1.165, 1.54) is 0 Å². The standard InChI is InChI=1S/C17H18BrN3O2/c1-12-4-2-3-5-15(12)21-16(22)10-11-19-17(23)20-14-8-6-13(18)7-9-14/h2-9H,10-11H2,1H3,(H,21,22)(H2,19,20,23). The second-order valence-electron chi connectivity index (χ2n) is 5.00. The molecule has 0 unspecified atom stereocenters. The summed E-state index contributed by atoms with van der Waals surface area (Å²) in [6.45, 7) is 2.19. The Morgan fingerprint density at radius 3 is 2.39 bits per heavy atom. The normalized spacial score (nSPS) is 10.0. The van der Waals surface area contributed by atoms with Gasteiger partial charge in [-0.05, 0) is 42.8 Å². The maximum Gasteiger partial charge on any atom is 0.319 e. The number of hydrogen-bond donors (Lipinski definition) is 3. The number of amides is 3. The molecule has 0 bridgehead atoms. The van der Waals surface area contributed by atoms with Crippen LogP contribution in [0.3, 0.4) is 0 Å². The highest BCUT2D eigenvalue weighted by Crippen LogP contribution is 2.14. The van der Waals surface area contributed by atoms with Crippen molar-refractivity contribution in [2.45, 2.75) is 13.3 Å². The SMILES string of the molecule is Cc1ccccc1NC(=O)CCNC(=O)Nc1ccc(Br)cc1. The first-order valence-corrected chi connectivity index (χ1v) is 8.00. The molecule has 5 nitrogen and oxygen atoms in total. The van der Waals surface area contributed by atoms with Crippen LogP contribution in [0.5, 0.6) is 0 Å². The molecule has 3 amide bonds. The summed E-state index contributed by atoms with van der Waals surface area (Å²) in [5.41, 5.74) is 2.48. The summed E-state index contributed by atoms with van der Waals surface area (Å²) in [5.74, 6) is -0.136. The summed E-state index contributed by atoms with van der Waals surface area (Å²) in [5, 5.41) is 8.18. The number of carbonyl (C=O) groups excluding carboxylic acids is 2. The lowest BCUT2D eigenvalue weighted by Crippen LogP contribution is -2.31. The molecule has 0 spiro atoms. The van der Waals surface area contributed by atoms with Crippen LogP contribution in [0.4, 0.5) is 16.2 Å². The summed E-state index contributed by atoms with van der Waals surface area (Å²) in [6.07, 6.45) is 0.210. The Balaban J connectivity index is 1.72. The van der Waals surface area contributed by atoms with Gasteiger partial charge < -0.3 is 16.0 Å². The number of aryl methyl sites for hydroxylation is 1. The molecule has 0 atom stereocenters. The molecule has 120 valence electrons. The fourth-order valence-electron chi connectivity index (χ4n) is 1.92. The Bertz CT molecular complexity index is 686. The van der Waals surface area contributed by atoms with Gasteiger partial charge in [-0.3, -0.25) is 4.79 Å². The van der Waals surface area contributed by atoms with Crippen LogP contribution >= 0.6 is 15.9 Å². The minimum absolute atomic E-state index is 0.136. The average Bonchev–Trinajstić information content (AvgIpc) is 2.52. The number of urea groups is 1. The first-order valence-electron chi connectivity index (χ1n) is 7.20. The molecule has 6 heteroatoms. The van der Waals surface area contributed by atoms with Crippen molar-refractivity contribution >= 4 is 39.2 Å². The van der Waals surface area contributed by atoms with E-state index < -0.39 is 0 Å². The van der Waals surface area contributed by atoms with Crippen LogP contribution in [0.25, 0.3) is 0 Å². The molecule has 0 aromatic heterocycles. The van der Waals surface area contributed by atoms with Crippen molar-refractivity contribution in [3.05, 3.63) is 58.6 Å². The Morgan fingerprint density at radius 1 is 1.00 bits per heavy atom. The highest BCUT2D eigenvalue weighted by atomic mass is 79.9. The van der Waals surface area contributed by atoms with Gasteiger partial charge in [-0.2, -0.15) is 0 Å². The van der Waals surface area contributed by atoms with E-state index in [1.807, 2.05) is 43.3 Å². The van der Waals surface area contributed by atoms with Crippen molar-refractivity contribution in [3.63, 3.8) is 0 Å². The van der Waals surface area contributed by atoms with Crippen LogP contribution in [0.1, 0.15) is 12.0 Å². The van der Waals surface area contributed by atoms with E-state index in [1.54, 1.807) is 12.1 Å². The van der Waals surface area contributed by atoms with Crippen LogP contribution in [0, 0.1) is 6.92 Å². The Kier molecular flexibility index (Phi) is 6.17. The van der Waals surface area contributed by atoms with Crippen molar-refractivity contribution in [2.75, 3.05) is 17.2 Å². The van der Waals surface area contributed by atoms with Crippen LogP contribution in [-0.2, 0) is 4.79 Å². The van der Waals surface area contributed by atoms with E-state index in [0.29, 0.717) is 5.69 Å². The van der Waals surface area contributed by atoms with Gasteiger partial charge in [0.05, 0.1) is 0 Å². The number of hydrogen-bond acceptors (Lipinski definition) is 2. The molecule has 2 aromatic carbocycles. The van der Waals surface area contributed by atoms with Crippen LogP contribution in [0.15, 0.2) is 53.0 Å². The van der Waals surface area contributed by atoms with Gasteiger partial charge in [0.1, 0.15) is 0 Å². The third-order valence-corrected chi connectivity index (χ3v) is 3.69. The largest absolute Gasteiger partial charge is 0.337 e. The van der Waals surface area contributed by atoms with Gasteiger partial charge in [-0.1, -0.05) is 34.1 Å². The minimum Gasteiger partial charge on any atom is -0.337 e. The molecule has 0 fully saturated rings. The molecule has 0 saturated heterocycles. The number of para-hydroxylation sites is 1. The van der Waals surface area contributed by atoms with E-state index in [2.05, 4.69) is 31.9 Å². The van der Waals surface area contributed by atoms with Gasteiger partial charge in [0, 0.05) is 28.8 Å². The van der Waals surface area contributed by atoms with Crippen molar-refractivity contribution in [3.8, 4) is 0 Å². The molecule has 2 aromatic rings. The average molecular weight is 376 g/mol. The zero-order valence-electron chi connectivity index (χ0n) is 12.7. The summed E-state index contributed by atoms with van der Waals surface area (Å²) in [6, 6.07) is 14.5. The molecule has 0 aliphatic rings. The highest BCUT2D eigenvalue weighted by Gasteiger charge is 2.06. The molecule has 23 heavy (non-hydrogen) atoms. The maximum atomic E-state index is 11.9. The predicted octanol–water partition coefficient (Wildman–Crippen LogP) is 3.91. The van der Waals surface area contributed by atoms with Gasteiger partial charge in [0.25, 0.3) is 0 Å². The Morgan fingerprint density at radius 2 is 1.70 bits per heavy atom. The molecule has 3 N–H and O–H groups in total. The van der Waals surface area contributed by atoms with Crippen LogP contribution in [0.2, 0.25) is 0 Å². The first-order chi connectivity index (χ1) is 11.0. The molecular formula is C17H18BrN3O2. The van der Waals surface area contributed by atoms with Crippen molar-refractivity contribution in [2.24, 2.45) is 0 Å². The van der Waals surface area contributed by atoms with Gasteiger partial charge in [0.15, 0.2) is 0 Å². The minimum atomic E-state index is -0.337. The fourth-order valence-corrected chi connectivity index (χ4v) is 2.19. The van der Waals surface area contributed by atoms with Crippen molar-refractivity contribution < 1.29 is 9.59 Å². The predicted molar refractivity (Wildman–Crippen MR) is 95.6 cm³/mol. The molecule has 0 aliphatic heterocycles.